The molecule has 0 saturated heterocycles. The van der Waals surface area contributed by atoms with Crippen LogP contribution in [-0.4, -0.2) is 51.2 Å². The van der Waals surface area contributed by atoms with Crippen molar-refractivity contribution in [3.05, 3.63) is 42.4 Å². The number of nitrogens with zero attached hydrogens (tertiary/aromatic N) is 4. The van der Waals surface area contributed by atoms with Crippen molar-refractivity contribution >= 4 is 5.91 Å². The molecule has 24 heavy (non-hydrogen) atoms. The molecule has 0 aliphatic rings. The minimum atomic E-state index is -0.107. The maximum atomic E-state index is 12.6. The summed E-state index contributed by atoms with van der Waals surface area (Å²) >= 11 is 0. The molecule has 1 N–H and O–H groups in total. The van der Waals surface area contributed by atoms with Crippen molar-refractivity contribution in [1.82, 2.24) is 25.0 Å². The van der Waals surface area contributed by atoms with Gasteiger partial charge < -0.3 is 10.2 Å². The number of carbonyl (C=O) groups is 1. The van der Waals surface area contributed by atoms with E-state index in [1.165, 1.54) is 0 Å². The lowest BCUT2D eigenvalue weighted by molar-refractivity contribution is 0.0936. The van der Waals surface area contributed by atoms with Crippen molar-refractivity contribution in [3.63, 3.8) is 0 Å². The van der Waals surface area contributed by atoms with Crippen LogP contribution >= 0.6 is 0 Å². The molecule has 0 fully saturated rings. The van der Waals surface area contributed by atoms with Gasteiger partial charge in [0.25, 0.3) is 5.91 Å². The van der Waals surface area contributed by atoms with Gasteiger partial charge in [-0.1, -0.05) is 13.8 Å². The van der Waals surface area contributed by atoms with Crippen molar-refractivity contribution < 1.29 is 4.79 Å². The molecule has 0 spiro atoms. The molecule has 0 bridgehead atoms. The van der Waals surface area contributed by atoms with Gasteiger partial charge in [0.15, 0.2) is 5.82 Å². The quantitative estimate of drug-likeness (QED) is 0.768. The summed E-state index contributed by atoms with van der Waals surface area (Å²) in [6.45, 7) is 9.60. The number of rotatable bonds is 9. The van der Waals surface area contributed by atoms with Crippen LogP contribution < -0.4 is 5.32 Å². The summed E-state index contributed by atoms with van der Waals surface area (Å²) in [6, 6.07) is 5.49. The minimum Gasteiger partial charge on any atom is -0.349 e. The summed E-state index contributed by atoms with van der Waals surface area (Å²) in [7, 11) is 0. The van der Waals surface area contributed by atoms with Crippen molar-refractivity contribution in [1.29, 1.82) is 0 Å². The van der Waals surface area contributed by atoms with E-state index < -0.39 is 0 Å². The van der Waals surface area contributed by atoms with Crippen molar-refractivity contribution in [2.24, 2.45) is 0 Å². The molecular weight excluding hydrogens is 302 g/mol. The molecule has 0 unspecified atom stereocenters. The van der Waals surface area contributed by atoms with E-state index >= 15 is 0 Å². The zero-order chi connectivity index (χ0) is 17.4. The highest BCUT2D eigenvalue weighted by atomic mass is 16.1. The molecule has 0 saturated carbocycles. The third-order valence-corrected chi connectivity index (χ3v) is 4.14. The Hall–Kier alpha value is -2.21. The molecule has 6 nitrogen and oxygen atoms in total. The molecule has 0 radical (unpaired) electrons. The Morgan fingerprint density at radius 2 is 2.08 bits per heavy atom. The Balaban J connectivity index is 1.93. The average Bonchev–Trinajstić information content (AvgIpc) is 3.13. The Bertz CT molecular complexity index is 622. The number of nitrogens with one attached hydrogen (secondary N) is 1. The molecule has 2 heterocycles. The largest absolute Gasteiger partial charge is 0.349 e. The Morgan fingerprint density at radius 1 is 1.29 bits per heavy atom. The van der Waals surface area contributed by atoms with E-state index in [4.69, 9.17) is 0 Å². The van der Waals surface area contributed by atoms with E-state index in [2.05, 4.69) is 34.1 Å². The van der Waals surface area contributed by atoms with Crippen molar-refractivity contribution in [3.8, 4) is 5.82 Å². The van der Waals surface area contributed by atoms with E-state index in [0.29, 0.717) is 11.4 Å². The van der Waals surface area contributed by atoms with Gasteiger partial charge in [-0.3, -0.25) is 4.79 Å². The molecule has 2 rings (SSSR count). The van der Waals surface area contributed by atoms with Crippen LogP contribution in [0.3, 0.4) is 0 Å². The van der Waals surface area contributed by atoms with Crippen LogP contribution in [-0.2, 0) is 0 Å². The van der Waals surface area contributed by atoms with Crippen LogP contribution in [0.15, 0.2) is 36.8 Å². The van der Waals surface area contributed by atoms with Crippen LogP contribution in [0.1, 0.15) is 44.0 Å². The van der Waals surface area contributed by atoms with Crippen LogP contribution in [0.25, 0.3) is 5.82 Å². The lowest BCUT2D eigenvalue weighted by Crippen LogP contribution is -2.34. The van der Waals surface area contributed by atoms with Gasteiger partial charge in [-0.15, -0.1) is 0 Å². The molecule has 1 amide bonds. The number of amides is 1. The fourth-order valence-corrected chi connectivity index (χ4v) is 2.69. The van der Waals surface area contributed by atoms with E-state index in [-0.39, 0.29) is 11.9 Å². The van der Waals surface area contributed by atoms with Gasteiger partial charge in [0.05, 0.1) is 5.56 Å². The lowest BCUT2D eigenvalue weighted by atomic mass is 10.1. The highest BCUT2D eigenvalue weighted by molar-refractivity contribution is 5.97. The summed E-state index contributed by atoms with van der Waals surface area (Å²) in [4.78, 5) is 19.3. The number of hydrogen-bond donors (Lipinski definition) is 1. The standard InChI is InChI=1S/C18H27N5O/c1-4-22(5-2)13-7-9-15(3)21-18(24)16-10-6-11-19-17(16)23-14-8-12-20-23/h6,8,10-12,14-15H,4-5,7,9,13H2,1-3H3,(H,21,24)/t15-/m0/s1. The second-order valence-corrected chi connectivity index (χ2v) is 5.87. The molecule has 0 aliphatic heterocycles. The maximum absolute atomic E-state index is 12.6. The van der Waals surface area contributed by atoms with Gasteiger partial charge in [0.1, 0.15) is 0 Å². The summed E-state index contributed by atoms with van der Waals surface area (Å²) in [5.41, 5.74) is 0.539. The molecule has 1 atom stereocenters. The number of carbonyl (C=O) groups excluding carboxylic acids is 1. The van der Waals surface area contributed by atoms with E-state index in [0.717, 1.165) is 32.5 Å². The summed E-state index contributed by atoms with van der Waals surface area (Å²) in [6.07, 6.45) is 7.15. The average molecular weight is 329 g/mol. The second-order valence-electron chi connectivity index (χ2n) is 5.87. The van der Waals surface area contributed by atoms with Gasteiger partial charge in [-0.05, 0) is 57.6 Å². The van der Waals surface area contributed by atoms with E-state index in [1.54, 1.807) is 35.4 Å². The van der Waals surface area contributed by atoms with Gasteiger partial charge in [0.2, 0.25) is 0 Å². The zero-order valence-corrected chi connectivity index (χ0v) is 14.8. The molecule has 130 valence electrons. The molecule has 0 aliphatic carbocycles. The first-order valence-corrected chi connectivity index (χ1v) is 8.64. The van der Waals surface area contributed by atoms with Gasteiger partial charge in [-0.25, -0.2) is 9.67 Å². The molecule has 2 aromatic heterocycles. The minimum absolute atomic E-state index is 0.107. The molecular formula is C18H27N5O. The first kappa shape index (κ1) is 18.1. The third kappa shape index (κ3) is 4.89. The Morgan fingerprint density at radius 3 is 2.75 bits per heavy atom. The fourth-order valence-electron chi connectivity index (χ4n) is 2.69. The Kier molecular flexibility index (Phi) is 6.93. The monoisotopic (exact) mass is 329 g/mol. The molecule has 0 aromatic carbocycles. The smallest absolute Gasteiger partial charge is 0.255 e. The topological polar surface area (TPSA) is 63.1 Å². The second kappa shape index (κ2) is 9.17. The zero-order valence-electron chi connectivity index (χ0n) is 14.8. The van der Waals surface area contributed by atoms with Gasteiger partial charge >= 0.3 is 0 Å². The Labute approximate surface area is 143 Å². The van der Waals surface area contributed by atoms with Crippen molar-refractivity contribution in [2.45, 2.75) is 39.7 Å². The van der Waals surface area contributed by atoms with Crippen LogP contribution in [0.5, 0.6) is 0 Å². The SMILES string of the molecule is CCN(CC)CCC[C@H](C)NC(=O)c1cccnc1-n1cccn1. The lowest BCUT2D eigenvalue weighted by Gasteiger charge is -2.20. The fraction of sp³-hybridized carbons (Fsp3) is 0.500. The van der Waals surface area contributed by atoms with Crippen LogP contribution in [0, 0.1) is 0 Å². The van der Waals surface area contributed by atoms with Crippen molar-refractivity contribution in [2.75, 3.05) is 19.6 Å². The van der Waals surface area contributed by atoms with Gasteiger partial charge in [-0.2, -0.15) is 5.10 Å². The maximum Gasteiger partial charge on any atom is 0.255 e. The predicted molar refractivity (Wildman–Crippen MR) is 95.3 cm³/mol. The van der Waals surface area contributed by atoms with E-state index in [1.807, 2.05) is 13.0 Å². The molecule has 6 heteroatoms. The number of aromatic nitrogens is 3. The van der Waals surface area contributed by atoms with Crippen LogP contribution in [0.2, 0.25) is 0 Å². The normalized spacial score (nSPS) is 12.3. The van der Waals surface area contributed by atoms with Gasteiger partial charge in [0, 0.05) is 24.6 Å². The summed E-state index contributed by atoms with van der Waals surface area (Å²) in [5, 5.41) is 7.23. The number of pyridine rings is 1. The first-order valence-electron chi connectivity index (χ1n) is 8.64. The summed E-state index contributed by atoms with van der Waals surface area (Å²) < 4.78 is 1.61. The predicted octanol–water partition coefficient (Wildman–Crippen LogP) is 2.51. The number of hydrogen-bond acceptors (Lipinski definition) is 4. The highest BCUT2D eigenvalue weighted by Crippen LogP contribution is 2.11. The highest BCUT2D eigenvalue weighted by Gasteiger charge is 2.16. The molecule has 2 aromatic rings. The summed E-state index contributed by atoms with van der Waals surface area (Å²) in [5.74, 6) is 0.444. The van der Waals surface area contributed by atoms with Crippen LogP contribution in [0.4, 0.5) is 0 Å². The van der Waals surface area contributed by atoms with E-state index in [9.17, 15) is 4.79 Å². The first-order chi connectivity index (χ1) is 11.7. The third-order valence-electron chi connectivity index (χ3n) is 4.14.